The number of aromatic nitrogens is 2. The van der Waals surface area contributed by atoms with E-state index < -0.39 is 0 Å². The number of hydrogen-bond donors (Lipinski definition) is 2. The number of fused-ring (bicyclic) bond motifs is 2. The molecule has 0 aromatic carbocycles. The Morgan fingerprint density at radius 2 is 1.93 bits per heavy atom. The number of carbonyl (C=O) groups is 2. The molecule has 1 aromatic heterocycles. The molecule has 9 heteroatoms. The Balaban J connectivity index is 0.00000225. The predicted molar refractivity (Wildman–Crippen MR) is 107 cm³/mol. The highest BCUT2D eigenvalue weighted by Gasteiger charge is 2.49. The summed E-state index contributed by atoms with van der Waals surface area (Å²) in [5.41, 5.74) is 6.87. The van der Waals surface area contributed by atoms with Crippen LogP contribution in [0.4, 0.5) is 5.69 Å². The minimum absolute atomic E-state index is 0. The zero-order valence-electron chi connectivity index (χ0n) is 16.4. The fourth-order valence-electron chi connectivity index (χ4n) is 5.09. The quantitative estimate of drug-likeness (QED) is 0.776. The Morgan fingerprint density at radius 1 is 1.25 bits per heavy atom. The summed E-state index contributed by atoms with van der Waals surface area (Å²) in [5.74, 6) is 0.783. The highest BCUT2D eigenvalue weighted by atomic mass is 35.5. The van der Waals surface area contributed by atoms with Crippen molar-refractivity contribution < 1.29 is 14.3 Å². The lowest BCUT2D eigenvalue weighted by molar-refractivity contribution is -0.144. The number of nitrogens with zero attached hydrogens (tertiary/aromatic N) is 3. The molecule has 2 aliphatic carbocycles. The maximum atomic E-state index is 12.6. The van der Waals surface area contributed by atoms with E-state index in [1.54, 1.807) is 17.1 Å². The van der Waals surface area contributed by atoms with Crippen molar-refractivity contribution in [2.75, 3.05) is 18.4 Å². The molecule has 2 saturated carbocycles. The summed E-state index contributed by atoms with van der Waals surface area (Å²) >= 11 is 0. The first kappa shape index (κ1) is 21.1. The van der Waals surface area contributed by atoms with Gasteiger partial charge in [0.2, 0.25) is 11.8 Å². The van der Waals surface area contributed by atoms with Crippen LogP contribution in [0, 0.1) is 17.8 Å². The molecule has 3 aliphatic rings. The molecule has 156 valence electrons. The van der Waals surface area contributed by atoms with Crippen LogP contribution in [0.1, 0.15) is 33.1 Å². The second-order valence-corrected chi connectivity index (χ2v) is 8.41. The lowest BCUT2D eigenvalue weighted by Crippen LogP contribution is -2.49. The van der Waals surface area contributed by atoms with Crippen molar-refractivity contribution in [1.82, 2.24) is 14.7 Å². The Morgan fingerprint density at radius 3 is 2.57 bits per heavy atom. The standard InChI is InChI=1S/C19H29N5O3.ClH/c1-11-7-23(8-12(2)27-11)16(25)10-24-9-15(6-21-24)22-19(26)17-13-3-4-14(5-13)18(17)20;/h6,9,11-14,17-18H,3-5,7-8,10,20H2,1-2H3,(H,22,26);1H. The Hall–Kier alpha value is -1.64. The van der Waals surface area contributed by atoms with E-state index in [9.17, 15) is 9.59 Å². The number of nitrogens with two attached hydrogens (primary N) is 1. The van der Waals surface area contributed by atoms with Crippen molar-refractivity contribution in [3.63, 3.8) is 0 Å². The van der Waals surface area contributed by atoms with Gasteiger partial charge in [0, 0.05) is 25.3 Å². The number of rotatable bonds is 4. The van der Waals surface area contributed by atoms with E-state index in [2.05, 4.69) is 10.4 Å². The summed E-state index contributed by atoms with van der Waals surface area (Å²) in [4.78, 5) is 27.0. The van der Waals surface area contributed by atoms with Crippen LogP contribution in [0.5, 0.6) is 0 Å². The third kappa shape index (κ3) is 4.18. The van der Waals surface area contributed by atoms with Gasteiger partial charge < -0.3 is 20.7 Å². The van der Waals surface area contributed by atoms with E-state index >= 15 is 0 Å². The van der Waals surface area contributed by atoms with Gasteiger partial charge in [-0.3, -0.25) is 14.3 Å². The molecular formula is C19H30ClN5O3. The summed E-state index contributed by atoms with van der Waals surface area (Å²) in [5, 5.41) is 7.17. The molecule has 3 N–H and O–H groups in total. The molecule has 2 bridgehead atoms. The molecule has 4 rings (SSSR count). The van der Waals surface area contributed by atoms with Crippen molar-refractivity contribution in [2.45, 2.75) is 57.9 Å². The smallest absolute Gasteiger partial charge is 0.244 e. The van der Waals surface area contributed by atoms with E-state index in [1.807, 2.05) is 18.7 Å². The lowest BCUT2D eigenvalue weighted by atomic mass is 9.84. The molecule has 6 atom stereocenters. The Labute approximate surface area is 171 Å². The fraction of sp³-hybridized carbons (Fsp3) is 0.737. The third-order valence-electron chi connectivity index (χ3n) is 6.25. The average molecular weight is 412 g/mol. The molecule has 1 aliphatic heterocycles. The fourth-order valence-corrected chi connectivity index (χ4v) is 5.09. The minimum Gasteiger partial charge on any atom is -0.372 e. The first-order chi connectivity index (χ1) is 12.9. The molecule has 28 heavy (non-hydrogen) atoms. The number of nitrogens with one attached hydrogen (secondary N) is 1. The summed E-state index contributed by atoms with van der Waals surface area (Å²) in [6.45, 7) is 5.28. The Kier molecular flexibility index (Phi) is 6.31. The van der Waals surface area contributed by atoms with Crippen molar-refractivity contribution in [3.8, 4) is 0 Å². The van der Waals surface area contributed by atoms with E-state index in [4.69, 9.17) is 10.5 Å². The largest absolute Gasteiger partial charge is 0.372 e. The maximum Gasteiger partial charge on any atom is 0.244 e. The Bertz CT molecular complexity index is 714. The molecule has 0 radical (unpaired) electrons. The first-order valence-corrected chi connectivity index (χ1v) is 9.93. The van der Waals surface area contributed by atoms with Gasteiger partial charge in [0.1, 0.15) is 6.54 Å². The second kappa shape index (κ2) is 8.39. The number of anilines is 1. The number of amides is 2. The van der Waals surface area contributed by atoms with Gasteiger partial charge in [0.25, 0.3) is 0 Å². The molecular weight excluding hydrogens is 382 g/mol. The SMILES string of the molecule is CC1CN(C(=O)Cn2cc(NC(=O)C3C4CCC(C4)C3N)cn2)CC(C)O1.Cl. The zero-order chi connectivity index (χ0) is 19.1. The van der Waals surface area contributed by atoms with Crippen molar-refractivity contribution in [3.05, 3.63) is 12.4 Å². The summed E-state index contributed by atoms with van der Waals surface area (Å²) in [6, 6.07) is -0.0364. The third-order valence-corrected chi connectivity index (χ3v) is 6.25. The molecule has 8 nitrogen and oxygen atoms in total. The minimum atomic E-state index is -0.106. The van der Waals surface area contributed by atoms with Crippen molar-refractivity contribution >= 4 is 29.9 Å². The van der Waals surface area contributed by atoms with Gasteiger partial charge in [-0.1, -0.05) is 0 Å². The van der Waals surface area contributed by atoms with E-state index in [0.717, 1.165) is 19.3 Å². The number of morpholine rings is 1. The molecule has 1 aromatic rings. The highest BCUT2D eigenvalue weighted by Crippen LogP contribution is 2.47. The number of halogens is 1. The number of ether oxygens (including phenoxy) is 1. The molecule has 2 heterocycles. The van der Waals surface area contributed by atoms with Gasteiger partial charge in [-0.2, -0.15) is 5.10 Å². The van der Waals surface area contributed by atoms with Crippen LogP contribution in [0.25, 0.3) is 0 Å². The van der Waals surface area contributed by atoms with E-state index in [0.29, 0.717) is 30.6 Å². The van der Waals surface area contributed by atoms with Crippen LogP contribution in [0.2, 0.25) is 0 Å². The summed E-state index contributed by atoms with van der Waals surface area (Å²) in [7, 11) is 0. The first-order valence-electron chi connectivity index (χ1n) is 9.93. The topological polar surface area (TPSA) is 102 Å². The van der Waals surface area contributed by atoms with Crippen LogP contribution >= 0.6 is 12.4 Å². The van der Waals surface area contributed by atoms with E-state index in [1.165, 1.54) is 0 Å². The second-order valence-electron chi connectivity index (χ2n) is 8.41. The summed E-state index contributed by atoms with van der Waals surface area (Å²) in [6.07, 6.45) is 6.70. The van der Waals surface area contributed by atoms with Crippen LogP contribution in [-0.4, -0.2) is 57.8 Å². The van der Waals surface area contributed by atoms with Crippen LogP contribution in [-0.2, 0) is 20.9 Å². The highest BCUT2D eigenvalue weighted by molar-refractivity contribution is 5.93. The molecule has 0 spiro atoms. The number of carbonyl (C=O) groups excluding carboxylic acids is 2. The predicted octanol–water partition coefficient (Wildman–Crippen LogP) is 1.25. The van der Waals surface area contributed by atoms with Gasteiger partial charge in [-0.05, 0) is 44.9 Å². The number of hydrogen-bond acceptors (Lipinski definition) is 5. The van der Waals surface area contributed by atoms with Gasteiger partial charge in [0.05, 0.1) is 30.0 Å². The monoisotopic (exact) mass is 411 g/mol. The normalized spacial score (nSPS) is 34.2. The molecule has 3 fully saturated rings. The molecule has 1 saturated heterocycles. The van der Waals surface area contributed by atoms with Crippen LogP contribution in [0.3, 0.4) is 0 Å². The average Bonchev–Trinajstić information content (AvgIpc) is 3.30. The summed E-state index contributed by atoms with van der Waals surface area (Å²) < 4.78 is 7.24. The molecule has 2 amide bonds. The van der Waals surface area contributed by atoms with Gasteiger partial charge in [0.15, 0.2) is 0 Å². The van der Waals surface area contributed by atoms with Crippen molar-refractivity contribution in [1.29, 1.82) is 0 Å². The van der Waals surface area contributed by atoms with Gasteiger partial charge >= 0.3 is 0 Å². The van der Waals surface area contributed by atoms with Crippen molar-refractivity contribution in [2.24, 2.45) is 23.5 Å². The van der Waals surface area contributed by atoms with Crippen LogP contribution in [0.15, 0.2) is 12.4 Å². The van der Waals surface area contributed by atoms with Gasteiger partial charge in [-0.15, -0.1) is 12.4 Å². The zero-order valence-corrected chi connectivity index (χ0v) is 17.2. The van der Waals surface area contributed by atoms with Crippen LogP contribution < -0.4 is 11.1 Å². The maximum absolute atomic E-state index is 12.6. The van der Waals surface area contributed by atoms with Gasteiger partial charge in [-0.25, -0.2) is 0 Å². The lowest BCUT2D eigenvalue weighted by Gasteiger charge is -2.35. The van der Waals surface area contributed by atoms with E-state index in [-0.39, 0.29) is 54.9 Å². The molecule has 6 unspecified atom stereocenters.